The molecule has 1 aliphatic carbocycles. The Hall–Kier alpha value is -0.620. The number of hydrogen-bond acceptors (Lipinski definition) is 2. The first kappa shape index (κ1) is 10.5. The fraction of sp³-hybridized carbons (Fsp3) is 0.909. The van der Waals surface area contributed by atoms with Crippen LogP contribution in [0.3, 0.4) is 0 Å². The van der Waals surface area contributed by atoms with Gasteiger partial charge in [0.2, 0.25) is 0 Å². The van der Waals surface area contributed by atoms with Gasteiger partial charge in [-0.1, -0.05) is 20.3 Å². The monoisotopic (exact) mass is 180 g/mol. The van der Waals surface area contributed by atoms with E-state index in [2.05, 4.69) is 24.8 Å². The molecule has 1 N–H and O–H groups in total. The van der Waals surface area contributed by atoms with Crippen LogP contribution in [0.1, 0.15) is 52.4 Å². The van der Waals surface area contributed by atoms with Crippen molar-refractivity contribution in [3.8, 4) is 0 Å². The van der Waals surface area contributed by atoms with Crippen molar-refractivity contribution in [1.29, 1.82) is 5.41 Å². The molecule has 0 unspecified atom stereocenters. The van der Waals surface area contributed by atoms with Gasteiger partial charge in [0.1, 0.15) is 0 Å². The Morgan fingerprint density at radius 1 is 1.38 bits per heavy atom. The highest BCUT2D eigenvalue weighted by Crippen LogP contribution is 2.38. The molecule has 0 saturated heterocycles. The molecule has 0 aromatic heterocycles. The van der Waals surface area contributed by atoms with Crippen molar-refractivity contribution in [1.82, 2.24) is 0 Å². The molecule has 0 aromatic rings. The second-order valence-electron chi connectivity index (χ2n) is 4.15. The molecule has 1 rings (SSSR count). The first-order chi connectivity index (χ1) is 6.26. The van der Waals surface area contributed by atoms with E-state index in [9.17, 15) is 0 Å². The van der Waals surface area contributed by atoms with Crippen LogP contribution in [0.4, 0.5) is 0 Å². The highest BCUT2D eigenvalue weighted by Gasteiger charge is 2.32. The van der Waals surface area contributed by atoms with Crippen LogP contribution in [0.15, 0.2) is 4.99 Å². The molecular weight excluding hydrogens is 160 g/mol. The zero-order valence-corrected chi connectivity index (χ0v) is 8.77. The Balaban J connectivity index is 2.57. The lowest BCUT2D eigenvalue weighted by molar-refractivity contribution is 0.227. The van der Waals surface area contributed by atoms with Gasteiger partial charge in [0, 0.05) is 0 Å². The van der Waals surface area contributed by atoms with Gasteiger partial charge in [-0.3, -0.25) is 0 Å². The topological polar surface area (TPSA) is 36.2 Å². The molecule has 0 atom stereocenters. The molecule has 0 aliphatic heterocycles. The van der Waals surface area contributed by atoms with E-state index in [0.717, 1.165) is 25.2 Å². The largest absolute Gasteiger partial charge is 0.242 e. The van der Waals surface area contributed by atoms with Gasteiger partial charge < -0.3 is 0 Å². The maximum Gasteiger partial charge on any atom is 0.0867 e. The van der Waals surface area contributed by atoms with Crippen LogP contribution in [-0.4, -0.2) is 11.5 Å². The van der Waals surface area contributed by atoms with Gasteiger partial charge in [-0.25, -0.2) is 10.4 Å². The predicted molar refractivity (Wildman–Crippen MR) is 55.4 cm³/mol. The lowest BCUT2D eigenvalue weighted by atomic mass is 9.75. The number of nitrogens with one attached hydrogen (secondary N) is 1. The molecule has 0 radical (unpaired) electrons. The van der Waals surface area contributed by atoms with Crippen molar-refractivity contribution >= 4 is 6.01 Å². The van der Waals surface area contributed by atoms with Crippen molar-refractivity contribution in [2.24, 2.45) is 10.9 Å². The van der Waals surface area contributed by atoms with Crippen molar-refractivity contribution in [2.45, 2.75) is 57.9 Å². The van der Waals surface area contributed by atoms with Crippen LogP contribution in [-0.2, 0) is 0 Å². The molecule has 0 bridgehead atoms. The smallest absolute Gasteiger partial charge is 0.0867 e. The summed E-state index contributed by atoms with van der Waals surface area (Å²) in [4.78, 5) is 4.22. The zero-order chi connectivity index (χ0) is 9.73. The predicted octanol–water partition coefficient (Wildman–Crippen LogP) is 3.49. The van der Waals surface area contributed by atoms with E-state index in [1.54, 1.807) is 0 Å². The lowest BCUT2D eigenvalue weighted by Gasteiger charge is -2.35. The number of hydrogen-bond donors (Lipinski definition) is 1. The van der Waals surface area contributed by atoms with Gasteiger partial charge in [-0.05, 0) is 38.0 Å². The summed E-state index contributed by atoms with van der Waals surface area (Å²) in [6, 6.07) is 2.24. The average Bonchev–Trinajstić information content (AvgIpc) is 2.19. The van der Waals surface area contributed by atoms with Gasteiger partial charge in [0.25, 0.3) is 0 Å². The summed E-state index contributed by atoms with van der Waals surface area (Å²) in [6.45, 7) is 4.44. The fourth-order valence-corrected chi connectivity index (χ4v) is 2.29. The number of nitrogens with zero attached hydrogens (tertiary/aromatic N) is 1. The van der Waals surface area contributed by atoms with Crippen LogP contribution in [0, 0.1) is 11.3 Å². The van der Waals surface area contributed by atoms with Crippen LogP contribution < -0.4 is 0 Å². The maximum atomic E-state index is 6.95. The molecule has 2 nitrogen and oxygen atoms in total. The maximum absolute atomic E-state index is 6.95. The minimum absolute atomic E-state index is 0.0768. The number of rotatable bonds is 3. The Kier molecular flexibility index (Phi) is 3.68. The number of aliphatic imine (C=N–C) groups is 1. The van der Waals surface area contributed by atoms with E-state index in [0.29, 0.717) is 0 Å². The van der Waals surface area contributed by atoms with Gasteiger partial charge in [0.15, 0.2) is 0 Å². The first-order valence-electron chi connectivity index (χ1n) is 5.40. The lowest BCUT2D eigenvalue weighted by Crippen LogP contribution is -2.31. The third kappa shape index (κ3) is 2.41. The molecule has 13 heavy (non-hydrogen) atoms. The molecule has 0 aromatic carbocycles. The van der Waals surface area contributed by atoms with Gasteiger partial charge in [-0.2, -0.15) is 0 Å². The highest BCUT2D eigenvalue weighted by molar-refractivity contribution is 5.37. The molecule has 0 heterocycles. The molecule has 0 amide bonds. The van der Waals surface area contributed by atoms with Crippen molar-refractivity contribution in [3.05, 3.63) is 0 Å². The third-order valence-corrected chi connectivity index (χ3v) is 3.56. The Bertz CT molecular complexity index is 196. The van der Waals surface area contributed by atoms with E-state index in [1.165, 1.54) is 19.3 Å². The minimum Gasteiger partial charge on any atom is -0.242 e. The summed E-state index contributed by atoms with van der Waals surface area (Å²) in [6.07, 6.45) is 7.26. The SMILES string of the molecule is CCC1CCC(CC)(N=C=N)CC1. The van der Waals surface area contributed by atoms with E-state index in [4.69, 9.17) is 5.41 Å². The fourth-order valence-electron chi connectivity index (χ4n) is 2.29. The summed E-state index contributed by atoms with van der Waals surface area (Å²) in [5, 5.41) is 6.95. The summed E-state index contributed by atoms with van der Waals surface area (Å²) in [5.74, 6) is 0.903. The van der Waals surface area contributed by atoms with Gasteiger partial charge >= 0.3 is 0 Å². The molecule has 1 fully saturated rings. The first-order valence-corrected chi connectivity index (χ1v) is 5.40. The molecule has 74 valence electrons. The van der Waals surface area contributed by atoms with Crippen LogP contribution in [0.25, 0.3) is 0 Å². The second kappa shape index (κ2) is 4.57. The van der Waals surface area contributed by atoms with Gasteiger partial charge in [0.05, 0.1) is 11.5 Å². The second-order valence-corrected chi connectivity index (χ2v) is 4.15. The van der Waals surface area contributed by atoms with E-state index in [-0.39, 0.29) is 5.54 Å². The molecule has 1 aliphatic rings. The minimum atomic E-state index is 0.0768. The zero-order valence-electron chi connectivity index (χ0n) is 8.77. The summed E-state index contributed by atoms with van der Waals surface area (Å²) < 4.78 is 0. The summed E-state index contributed by atoms with van der Waals surface area (Å²) in [7, 11) is 0. The molecule has 0 spiro atoms. The van der Waals surface area contributed by atoms with Crippen molar-refractivity contribution in [3.63, 3.8) is 0 Å². The molecule has 1 saturated carbocycles. The van der Waals surface area contributed by atoms with Crippen LogP contribution in [0.5, 0.6) is 0 Å². The summed E-state index contributed by atoms with van der Waals surface area (Å²) >= 11 is 0. The Morgan fingerprint density at radius 3 is 2.38 bits per heavy atom. The standard InChI is InChI=1S/C11H20N2/c1-3-10-5-7-11(4-2,8-6-10)13-9-12/h10,12H,3-8H2,1-2H3. The normalized spacial score (nSPS) is 33.8. The summed E-state index contributed by atoms with van der Waals surface area (Å²) in [5.41, 5.74) is 0.0768. The van der Waals surface area contributed by atoms with Crippen molar-refractivity contribution in [2.75, 3.05) is 0 Å². The molecule has 2 heteroatoms. The Labute approximate surface area is 81.0 Å². The van der Waals surface area contributed by atoms with E-state index < -0.39 is 0 Å². The van der Waals surface area contributed by atoms with Crippen LogP contribution >= 0.6 is 0 Å². The average molecular weight is 180 g/mol. The highest BCUT2D eigenvalue weighted by atomic mass is 14.9. The van der Waals surface area contributed by atoms with E-state index >= 15 is 0 Å². The Morgan fingerprint density at radius 2 is 2.00 bits per heavy atom. The van der Waals surface area contributed by atoms with Crippen LogP contribution in [0.2, 0.25) is 0 Å². The quantitative estimate of drug-likeness (QED) is 0.645. The van der Waals surface area contributed by atoms with Gasteiger partial charge in [-0.15, -0.1) is 0 Å². The van der Waals surface area contributed by atoms with Crippen molar-refractivity contribution < 1.29 is 0 Å². The third-order valence-electron chi connectivity index (χ3n) is 3.56. The van der Waals surface area contributed by atoms with E-state index in [1.807, 2.05) is 0 Å². The molecular formula is C11H20N2.